The fraction of sp³-hybridized carbons (Fsp3) is 0.500. The first-order valence-electron chi connectivity index (χ1n) is 5.83. The lowest BCUT2D eigenvalue weighted by atomic mass is 10.0. The van der Waals surface area contributed by atoms with Crippen molar-refractivity contribution in [1.82, 2.24) is 4.98 Å². The largest absolute Gasteiger partial charge is 0.389 e. The van der Waals surface area contributed by atoms with E-state index >= 15 is 0 Å². The molecule has 1 unspecified atom stereocenters. The molecule has 1 aliphatic heterocycles. The maximum Gasteiger partial charge on any atom is 0.125 e. The van der Waals surface area contributed by atoms with E-state index in [2.05, 4.69) is 10.3 Å². The van der Waals surface area contributed by atoms with Gasteiger partial charge in [-0.1, -0.05) is 12.2 Å². The standard InChI is InChI=1S/C12H17N3OS/c13-12(17)10-3-4-11(15-7-10)14-6-9-2-1-5-16-8-9/h3-4,7,9H,1-2,5-6,8H2,(H2,13,17)(H,14,15). The maximum atomic E-state index is 5.51. The molecule has 2 heterocycles. The van der Waals surface area contributed by atoms with Crippen LogP contribution in [0, 0.1) is 5.92 Å². The van der Waals surface area contributed by atoms with Crippen molar-refractivity contribution >= 4 is 23.0 Å². The van der Waals surface area contributed by atoms with Crippen LogP contribution < -0.4 is 11.1 Å². The average Bonchev–Trinajstić information content (AvgIpc) is 2.38. The van der Waals surface area contributed by atoms with Crippen LogP contribution in [-0.2, 0) is 4.74 Å². The van der Waals surface area contributed by atoms with Crippen molar-refractivity contribution in [2.24, 2.45) is 11.7 Å². The van der Waals surface area contributed by atoms with Crippen LogP contribution in [0.5, 0.6) is 0 Å². The molecule has 0 radical (unpaired) electrons. The van der Waals surface area contributed by atoms with Crippen LogP contribution in [-0.4, -0.2) is 29.7 Å². The molecule has 0 spiro atoms. The molecular formula is C12H17N3OS. The van der Waals surface area contributed by atoms with Crippen molar-refractivity contribution < 1.29 is 4.74 Å². The van der Waals surface area contributed by atoms with E-state index in [0.717, 1.165) is 37.6 Å². The molecule has 2 rings (SSSR count). The molecule has 0 aliphatic carbocycles. The van der Waals surface area contributed by atoms with Crippen molar-refractivity contribution in [2.45, 2.75) is 12.8 Å². The molecule has 1 aliphatic rings. The molecule has 0 amide bonds. The summed E-state index contributed by atoms with van der Waals surface area (Å²) in [7, 11) is 0. The van der Waals surface area contributed by atoms with Crippen molar-refractivity contribution in [3.63, 3.8) is 0 Å². The molecule has 1 aromatic heterocycles. The number of nitrogens with two attached hydrogens (primary N) is 1. The van der Waals surface area contributed by atoms with E-state index in [0.29, 0.717) is 10.9 Å². The zero-order valence-electron chi connectivity index (χ0n) is 9.69. The first kappa shape index (κ1) is 12.3. The molecule has 3 N–H and O–H groups in total. The van der Waals surface area contributed by atoms with Gasteiger partial charge in [0, 0.05) is 24.9 Å². The van der Waals surface area contributed by atoms with E-state index in [9.17, 15) is 0 Å². The zero-order chi connectivity index (χ0) is 12.1. The number of hydrogen-bond donors (Lipinski definition) is 2. The fourth-order valence-electron chi connectivity index (χ4n) is 1.86. The number of hydrogen-bond acceptors (Lipinski definition) is 4. The Balaban J connectivity index is 1.84. The zero-order valence-corrected chi connectivity index (χ0v) is 10.5. The SMILES string of the molecule is NC(=S)c1ccc(NCC2CCCOC2)nc1. The van der Waals surface area contributed by atoms with E-state index in [-0.39, 0.29) is 0 Å². The van der Waals surface area contributed by atoms with Gasteiger partial charge in [0.2, 0.25) is 0 Å². The highest BCUT2D eigenvalue weighted by molar-refractivity contribution is 7.80. The summed E-state index contributed by atoms with van der Waals surface area (Å²) in [5.41, 5.74) is 6.31. The van der Waals surface area contributed by atoms with Gasteiger partial charge in [-0.3, -0.25) is 0 Å². The summed E-state index contributed by atoms with van der Waals surface area (Å²) < 4.78 is 5.43. The van der Waals surface area contributed by atoms with Crippen molar-refractivity contribution in [3.05, 3.63) is 23.9 Å². The second kappa shape index (κ2) is 5.93. The van der Waals surface area contributed by atoms with E-state index in [1.165, 1.54) is 6.42 Å². The Morgan fingerprint density at radius 3 is 3.06 bits per heavy atom. The minimum Gasteiger partial charge on any atom is -0.389 e. The lowest BCUT2D eigenvalue weighted by Crippen LogP contribution is -2.24. The highest BCUT2D eigenvalue weighted by Gasteiger charge is 2.13. The Labute approximate surface area is 107 Å². The second-order valence-corrected chi connectivity index (χ2v) is 4.70. The van der Waals surface area contributed by atoms with Crippen LogP contribution in [0.1, 0.15) is 18.4 Å². The van der Waals surface area contributed by atoms with Crippen LogP contribution in [0.25, 0.3) is 0 Å². The van der Waals surface area contributed by atoms with Crippen LogP contribution in [0.3, 0.4) is 0 Å². The van der Waals surface area contributed by atoms with Crippen LogP contribution >= 0.6 is 12.2 Å². The molecule has 1 fully saturated rings. The molecule has 1 atom stereocenters. The molecule has 17 heavy (non-hydrogen) atoms. The molecule has 1 aromatic rings. The first-order valence-corrected chi connectivity index (χ1v) is 6.24. The molecule has 1 saturated heterocycles. The third-order valence-electron chi connectivity index (χ3n) is 2.87. The van der Waals surface area contributed by atoms with Gasteiger partial charge in [-0.15, -0.1) is 0 Å². The topological polar surface area (TPSA) is 60.2 Å². The summed E-state index contributed by atoms with van der Waals surface area (Å²) >= 11 is 4.87. The minimum absolute atomic E-state index is 0.379. The molecule has 5 heteroatoms. The summed E-state index contributed by atoms with van der Waals surface area (Å²) in [6, 6.07) is 3.78. The Morgan fingerprint density at radius 1 is 1.59 bits per heavy atom. The lowest BCUT2D eigenvalue weighted by Gasteiger charge is -2.22. The van der Waals surface area contributed by atoms with Gasteiger partial charge in [-0.2, -0.15) is 0 Å². The van der Waals surface area contributed by atoms with Gasteiger partial charge in [-0.05, 0) is 30.9 Å². The van der Waals surface area contributed by atoms with Crippen molar-refractivity contribution in [2.75, 3.05) is 25.1 Å². The molecule has 0 bridgehead atoms. The average molecular weight is 251 g/mol. The summed E-state index contributed by atoms with van der Waals surface area (Å²) in [5, 5.41) is 3.31. The number of rotatable bonds is 4. The Kier molecular flexibility index (Phi) is 4.28. The van der Waals surface area contributed by atoms with E-state index < -0.39 is 0 Å². The number of nitrogens with one attached hydrogen (secondary N) is 1. The Hall–Kier alpha value is -1.20. The van der Waals surface area contributed by atoms with E-state index in [1.807, 2.05) is 12.1 Å². The van der Waals surface area contributed by atoms with Gasteiger partial charge >= 0.3 is 0 Å². The van der Waals surface area contributed by atoms with Crippen molar-refractivity contribution in [3.8, 4) is 0 Å². The van der Waals surface area contributed by atoms with Gasteiger partial charge in [0.1, 0.15) is 10.8 Å². The molecule has 92 valence electrons. The third-order valence-corrected chi connectivity index (χ3v) is 3.11. The summed E-state index contributed by atoms with van der Waals surface area (Å²) in [4.78, 5) is 4.64. The first-order chi connectivity index (χ1) is 8.25. The number of thiocarbonyl (C=S) groups is 1. The van der Waals surface area contributed by atoms with Gasteiger partial charge in [0.05, 0.1) is 6.61 Å². The van der Waals surface area contributed by atoms with Crippen LogP contribution in [0.15, 0.2) is 18.3 Å². The maximum absolute atomic E-state index is 5.51. The number of anilines is 1. The van der Waals surface area contributed by atoms with Gasteiger partial charge in [0.25, 0.3) is 0 Å². The molecule has 0 saturated carbocycles. The van der Waals surface area contributed by atoms with Crippen LogP contribution in [0.4, 0.5) is 5.82 Å². The molecular weight excluding hydrogens is 234 g/mol. The Bertz CT molecular complexity index is 374. The van der Waals surface area contributed by atoms with Crippen LogP contribution in [0.2, 0.25) is 0 Å². The fourth-order valence-corrected chi connectivity index (χ4v) is 1.98. The van der Waals surface area contributed by atoms with E-state index in [4.69, 9.17) is 22.7 Å². The predicted molar refractivity (Wildman–Crippen MR) is 72.2 cm³/mol. The van der Waals surface area contributed by atoms with Gasteiger partial charge in [0.15, 0.2) is 0 Å². The molecule has 0 aromatic carbocycles. The van der Waals surface area contributed by atoms with E-state index in [1.54, 1.807) is 6.20 Å². The summed E-state index contributed by atoms with van der Waals surface area (Å²) in [6.45, 7) is 2.65. The van der Waals surface area contributed by atoms with Gasteiger partial charge < -0.3 is 15.8 Å². The second-order valence-electron chi connectivity index (χ2n) is 4.26. The molecule has 4 nitrogen and oxygen atoms in total. The number of nitrogens with zero attached hydrogens (tertiary/aromatic N) is 1. The van der Waals surface area contributed by atoms with Crippen molar-refractivity contribution in [1.29, 1.82) is 0 Å². The quantitative estimate of drug-likeness (QED) is 0.795. The predicted octanol–water partition coefficient (Wildman–Crippen LogP) is 1.55. The Morgan fingerprint density at radius 2 is 2.47 bits per heavy atom. The normalized spacial score (nSPS) is 19.9. The van der Waals surface area contributed by atoms with Gasteiger partial charge in [-0.25, -0.2) is 4.98 Å². The third kappa shape index (κ3) is 3.64. The lowest BCUT2D eigenvalue weighted by molar-refractivity contribution is 0.0595. The smallest absolute Gasteiger partial charge is 0.125 e. The summed E-state index contributed by atoms with van der Waals surface area (Å²) in [6.07, 6.45) is 4.07. The number of ether oxygens (including phenoxy) is 1. The monoisotopic (exact) mass is 251 g/mol. The number of pyridine rings is 1. The highest BCUT2D eigenvalue weighted by Crippen LogP contribution is 2.14. The highest BCUT2D eigenvalue weighted by atomic mass is 32.1. The minimum atomic E-state index is 0.379. The number of aromatic nitrogens is 1. The summed E-state index contributed by atoms with van der Waals surface area (Å²) in [5.74, 6) is 1.44.